The van der Waals surface area contributed by atoms with Crippen molar-refractivity contribution in [3.8, 4) is 11.5 Å². The van der Waals surface area contributed by atoms with Crippen LogP contribution < -0.4 is 14.8 Å². The van der Waals surface area contributed by atoms with Crippen LogP contribution in [0.2, 0.25) is 0 Å². The third-order valence-corrected chi connectivity index (χ3v) is 5.56. The molecule has 4 rings (SSSR count). The molecule has 0 unspecified atom stereocenters. The van der Waals surface area contributed by atoms with Crippen LogP contribution in [0.3, 0.4) is 0 Å². The van der Waals surface area contributed by atoms with E-state index in [1.54, 1.807) is 0 Å². The number of hydrogen-bond acceptors (Lipinski definition) is 3. The van der Waals surface area contributed by atoms with E-state index in [-0.39, 0.29) is 6.04 Å². The summed E-state index contributed by atoms with van der Waals surface area (Å²) in [5.41, 5.74) is 3.38. The van der Waals surface area contributed by atoms with E-state index in [1.165, 1.54) is 11.3 Å². The van der Waals surface area contributed by atoms with Crippen molar-refractivity contribution >= 4 is 23.0 Å². The zero-order chi connectivity index (χ0) is 20.9. The molecule has 1 aromatic heterocycles. The zero-order valence-electron chi connectivity index (χ0n) is 17.4. The topological polar surface area (TPSA) is 38.7 Å². The SMILES string of the molecule is CCOc1ccc(NC(=S)N2CCn3cccc3[C@H]2c2ccc(OCC)cc2)cc1. The summed E-state index contributed by atoms with van der Waals surface area (Å²) >= 11 is 5.84. The van der Waals surface area contributed by atoms with Crippen LogP contribution in [0.4, 0.5) is 5.69 Å². The highest BCUT2D eigenvalue weighted by Crippen LogP contribution is 2.34. The molecule has 1 N–H and O–H groups in total. The smallest absolute Gasteiger partial charge is 0.174 e. The molecule has 0 aliphatic carbocycles. The number of nitrogens with one attached hydrogen (secondary N) is 1. The predicted molar refractivity (Wildman–Crippen MR) is 124 cm³/mol. The molecule has 30 heavy (non-hydrogen) atoms. The number of aromatic nitrogens is 1. The molecule has 6 heteroatoms. The molecule has 0 spiro atoms. The van der Waals surface area contributed by atoms with E-state index in [4.69, 9.17) is 21.7 Å². The van der Waals surface area contributed by atoms with Gasteiger partial charge in [-0.3, -0.25) is 0 Å². The average molecular weight is 422 g/mol. The van der Waals surface area contributed by atoms with Crippen LogP contribution >= 0.6 is 12.2 Å². The van der Waals surface area contributed by atoms with Crippen molar-refractivity contribution in [1.82, 2.24) is 9.47 Å². The van der Waals surface area contributed by atoms with E-state index in [0.29, 0.717) is 18.3 Å². The van der Waals surface area contributed by atoms with Crippen LogP contribution in [0.25, 0.3) is 0 Å². The van der Waals surface area contributed by atoms with E-state index in [0.717, 1.165) is 30.3 Å². The first-order chi connectivity index (χ1) is 14.7. The van der Waals surface area contributed by atoms with Gasteiger partial charge in [0.25, 0.3) is 0 Å². The van der Waals surface area contributed by atoms with Crippen molar-refractivity contribution in [2.75, 3.05) is 25.1 Å². The maximum atomic E-state index is 5.84. The normalized spacial score (nSPS) is 15.4. The largest absolute Gasteiger partial charge is 0.494 e. The summed E-state index contributed by atoms with van der Waals surface area (Å²) in [4.78, 5) is 2.26. The average Bonchev–Trinajstić information content (AvgIpc) is 3.24. The standard InChI is InChI=1S/C24H27N3O2S/c1-3-28-20-11-7-18(8-12-20)23-22-6-5-15-26(22)16-17-27(23)24(30)25-19-9-13-21(14-10-19)29-4-2/h5-15,23H,3-4,16-17H2,1-2H3,(H,25,30)/t23-/m1/s1. The van der Waals surface area contributed by atoms with Crippen LogP contribution in [0.5, 0.6) is 11.5 Å². The number of ether oxygens (including phenoxy) is 2. The predicted octanol–water partition coefficient (Wildman–Crippen LogP) is 5.09. The minimum Gasteiger partial charge on any atom is -0.494 e. The van der Waals surface area contributed by atoms with Crippen LogP contribution in [0, 0.1) is 0 Å². The van der Waals surface area contributed by atoms with Gasteiger partial charge in [0, 0.05) is 30.7 Å². The summed E-state index contributed by atoms with van der Waals surface area (Å²) < 4.78 is 13.4. The molecule has 0 bridgehead atoms. The Bertz CT molecular complexity index is 982. The fourth-order valence-electron chi connectivity index (χ4n) is 3.86. The molecule has 0 saturated carbocycles. The van der Waals surface area contributed by atoms with Gasteiger partial charge in [0.15, 0.2) is 5.11 Å². The fourth-order valence-corrected chi connectivity index (χ4v) is 4.18. The Morgan fingerprint density at radius 3 is 2.20 bits per heavy atom. The monoisotopic (exact) mass is 421 g/mol. The Kier molecular flexibility index (Phi) is 6.23. The molecule has 1 aliphatic heterocycles. The Labute approximate surface area is 183 Å². The van der Waals surface area contributed by atoms with Gasteiger partial charge >= 0.3 is 0 Å². The Hall–Kier alpha value is -2.99. The summed E-state index contributed by atoms with van der Waals surface area (Å²) in [6.07, 6.45) is 2.14. The molecule has 3 aromatic rings. The molecule has 156 valence electrons. The summed E-state index contributed by atoms with van der Waals surface area (Å²) in [5.74, 6) is 1.74. The van der Waals surface area contributed by atoms with E-state index in [9.17, 15) is 0 Å². The molecule has 5 nitrogen and oxygen atoms in total. The van der Waals surface area contributed by atoms with Crippen molar-refractivity contribution in [1.29, 1.82) is 0 Å². The highest BCUT2D eigenvalue weighted by atomic mass is 32.1. The number of fused-ring (bicyclic) bond motifs is 1. The van der Waals surface area contributed by atoms with Crippen LogP contribution in [-0.4, -0.2) is 34.3 Å². The third kappa shape index (κ3) is 4.28. The quantitative estimate of drug-likeness (QED) is 0.562. The Morgan fingerprint density at radius 2 is 1.57 bits per heavy atom. The summed E-state index contributed by atoms with van der Waals surface area (Å²) in [7, 11) is 0. The van der Waals surface area contributed by atoms with Crippen molar-refractivity contribution < 1.29 is 9.47 Å². The fraction of sp³-hybridized carbons (Fsp3) is 0.292. The molecular formula is C24H27N3O2S. The zero-order valence-corrected chi connectivity index (χ0v) is 18.2. The molecule has 2 heterocycles. The molecule has 0 amide bonds. The van der Waals surface area contributed by atoms with Gasteiger partial charge in [-0.2, -0.15) is 0 Å². The van der Waals surface area contributed by atoms with Crippen molar-refractivity contribution in [2.45, 2.75) is 26.4 Å². The van der Waals surface area contributed by atoms with Crippen molar-refractivity contribution in [3.63, 3.8) is 0 Å². The first kappa shape index (κ1) is 20.3. The van der Waals surface area contributed by atoms with Gasteiger partial charge in [-0.25, -0.2) is 0 Å². The molecule has 0 fully saturated rings. The number of thiocarbonyl (C=S) groups is 1. The van der Waals surface area contributed by atoms with E-state index in [1.807, 2.05) is 50.2 Å². The molecular weight excluding hydrogens is 394 g/mol. The van der Waals surface area contributed by atoms with Gasteiger partial charge < -0.3 is 24.3 Å². The second-order valence-electron chi connectivity index (χ2n) is 7.11. The van der Waals surface area contributed by atoms with Gasteiger partial charge in [0.2, 0.25) is 0 Å². The first-order valence-corrected chi connectivity index (χ1v) is 10.8. The number of anilines is 1. The first-order valence-electron chi connectivity index (χ1n) is 10.4. The highest BCUT2D eigenvalue weighted by molar-refractivity contribution is 7.80. The van der Waals surface area contributed by atoms with Gasteiger partial charge in [-0.05, 0) is 80.2 Å². The highest BCUT2D eigenvalue weighted by Gasteiger charge is 2.30. The van der Waals surface area contributed by atoms with Crippen molar-refractivity contribution in [3.05, 3.63) is 78.1 Å². The maximum Gasteiger partial charge on any atom is 0.174 e. The molecule has 0 radical (unpaired) electrons. The lowest BCUT2D eigenvalue weighted by atomic mass is 10.00. The number of benzene rings is 2. The van der Waals surface area contributed by atoms with E-state index in [2.05, 4.69) is 45.2 Å². The second-order valence-corrected chi connectivity index (χ2v) is 7.50. The third-order valence-electron chi connectivity index (χ3n) is 5.22. The molecule has 0 saturated heterocycles. The number of rotatable bonds is 6. The lowest BCUT2D eigenvalue weighted by Gasteiger charge is -2.39. The molecule has 1 atom stereocenters. The van der Waals surface area contributed by atoms with E-state index < -0.39 is 0 Å². The van der Waals surface area contributed by atoms with Crippen LogP contribution in [0.15, 0.2) is 66.9 Å². The van der Waals surface area contributed by atoms with Crippen LogP contribution in [-0.2, 0) is 6.54 Å². The summed E-state index contributed by atoms with van der Waals surface area (Å²) in [6.45, 7) is 7.03. The molecule has 2 aromatic carbocycles. The Balaban J connectivity index is 1.58. The van der Waals surface area contributed by atoms with Crippen molar-refractivity contribution in [2.24, 2.45) is 0 Å². The number of nitrogens with zero attached hydrogens (tertiary/aromatic N) is 2. The minimum absolute atomic E-state index is 0.0483. The van der Waals surface area contributed by atoms with Gasteiger partial charge in [0.1, 0.15) is 11.5 Å². The summed E-state index contributed by atoms with van der Waals surface area (Å²) in [6, 6.07) is 20.5. The molecule has 1 aliphatic rings. The lowest BCUT2D eigenvalue weighted by Crippen LogP contribution is -2.44. The van der Waals surface area contributed by atoms with Gasteiger partial charge in [-0.15, -0.1) is 0 Å². The van der Waals surface area contributed by atoms with Gasteiger partial charge in [-0.1, -0.05) is 12.1 Å². The Morgan fingerprint density at radius 1 is 0.933 bits per heavy atom. The van der Waals surface area contributed by atoms with E-state index >= 15 is 0 Å². The second kappa shape index (κ2) is 9.22. The maximum absolute atomic E-state index is 5.84. The lowest BCUT2D eigenvalue weighted by molar-refractivity contribution is 0.293. The van der Waals surface area contributed by atoms with Crippen LogP contribution in [0.1, 0.15) is 31.1 Å². The van der Waals surface area contributed by atoms with Gasteiger partial charge in [0.05, 0.1) is 19.3 Å². The number of hydrogen-bond donors (Lipinski definition) is 1. The summed E-state index contributed by atoms with van der Waals surface area (Å²) in [5, 5.41) is 4.12. The minimum atomic E-state index is 0.0483.